The Morgan fingerprint density at radius 1 is 1.11 bits per heavy atom. The third-order valence-corrected chi connectivity index (χ3v) is 2.97. The van der Waals surface area contributed by atoms with Crippen LogP contribution in [-0.4, -0.2) is 5.78 Å². The molecule has 0 fully saturated rings. The molecule has 5 heteroatoms. The van der Waals surface area contributed by atoms with E-state index in [0.717, 1.165) is 12.1 Å². The van der Waals surface area contributed by atoms with Crippen LogP contribution in [0.4, 0.5) is 14.5 Å². The Kier molecular flexibility index (Phi) is 3.81. The van der Waals surface area contributed by atoms with Crippen LogP contribution >= 0.6 is 11.6 Å². The third kappa shape index (κ3) is 3.09. The molecule has 2 rings (SSSR count). The van der Waals surface area contributed by atoms with Gasteiger partial charge in [0.1, 0.15) is 0 Å². The molecular weight excluding hydrogens is 272 g/mol. The summed E-state index contributed by atoms with van der Waals surface area (Å²) < 4.78 is 25.8. The zero-order chi connectivity index (χ0) is 14.0. The summed E-state index contributed by atoms with van der Waals surface area (Å²) in [6, 6.07) is 7.90. The van der Waals surface area contributed by atoms with Gasteiger partial charge in [0, 0.05) is 17.7 Å². The van der Waals surface area contributed by atoms with Crippen molar-refractivity contribution < 1.29 is 13.6 Å². The predicted molar refractivity (Wildman–Crippen MR) is 70.3 cm³/mol. The molecule has 0 saturated heterocycles. The van der Waals surface area contributed by atoms with Crippen molar-refractivity contribution in [1.82, 2.24) is 0 Å². The number of nitrogens with two attached hydrogens (primary N) is 1. The monoisotopic (exact) mass is 281 g/mol. The van der Waals surface area contributed by atoms with Gasteiger partial charge in [0.25, 0.3) is 0 Å². The first-order valence-corrected chi connectivity index (χ1v) is 5.87. The molecule has 2 aromatic rings. The van der Waals surface area contributed by atoms with Gasteiger partial charge in [-0.2, -0.15) is 0 Å². The fourth-order valence-corrected chi connectivity index (χ4v) is 1.91. The second-order valence-corrected chi connectivity index (χ2v) is 4.49. The molecular formula is C14H10ClF2NO. The number of hydrogen-bond acceptors (Lipinski definition) is 2. The van der Waals surface area contributed by atoms with Crippen LogP contribution in [0.25, 0.3) is 0 Å². The summed E-state index contributed by atoms with van der Waals surface area (Å²) >= 11 is 5.90. The lowest BCUT2D eigenvalue weighted by Crippen LogP contribution is -2.05. The maximum Gasteiger partial charge on any atom is 0.168 e. The number of hydrogen-bond donors (Lipinski definition) is 1. The summed E-state index contributed by atoms with van der Waals surface area (Å²) in [6.45, 7) is 0. The van der Waals surface area contributed by atoms with Gasteiger partial charge in [-0.05, 0) is 35.9 Å². The van der Waals surface area contributed by atoms with Crippen LogP contribution in [0.15, 0.2) is 36.4 Å². The van der Waals surface area contributed by atoms with E-state index in [4.69, 9.17) is 17.3 Å². The molecule has 0 aliphatic carbocycles. The zero-order valence-electron chi connectivity index (χ0n) is 9.79. The zero-order valence-corrected chi connectivity index (χ0v) is 10.5. The Morgan fingerprint density at radius 3 is 2.53 bits per heavy atom. The number of rotatable bonds is 3. The minimum atomic E-state index is -0.982. The average Bonchev–Trinajstić information content (AvgIpc) is 2.36. The van der Waals surface area contributed by atoms with Gasteiger partial charge < -0.3 is 5.73 Å². The van der Waals surface area contributed by atoms with Crippen molar-refractivity contribution in [2.24, 2.45) is 0 Å². The van der Waals surface area contributed by atoms with E-state index in [0.29, 0.717) is 11.3 Å². The Morgan fingerprint density at radius 2 is 1.84 bits per heavy atom. The molecule has 19 heavy (non-hydrogen) atoms. The number of carbonyl (C=O) groups excluding carboxylic acids is 1. The molecule has 0 spiro atoms. The minimum Gasteiger partial charge on any atom is -0.399 e. The van der Waals surface area contributed by atoms with E-state index in [1.807, 2.05) is 0 Å². The highest BCUT2D eigenvalue weighted by molar-refractivity contribution is 6.34. The van der Waals surface area contributed by atoms with Gasteiger partial charge in [0.2, 0.25) is 0 Å². The van der Waals surface area contributed by atoms with Gasteiger partial charge in [0.05, 0.1) is 5.02 Å². The molecule has 0 aliphatic rings. The molecule has 0 aromatic heterocycles. The largest absolute Gasteiger partial charge is 0.399 e. The molecule has 2 N–H and O–H groups in total. The molecule has 2 aromatic carbocycles. The molecule has 0 amide bonds. The third-order valence-electron chi connectivity index (χ3n) is 2.64. The van der Waals surface area contributed by atoms with E-state index < -0.39 is 11.6 Å². The SMILES string of the molecule is Nc1ccc(Cl)c(C(=O)Cc2ccc(F)c(F)c2)c1. The molecule has 2 nitrogen and oxygen atoms in total. The van der Waals surface area contributed by atoms with Crippen molar-refractivity contribution in [3.05, 3.63) is 64.2 Å². The van der Waals surface area contributed by atoms with E-state index >= 15 is 0 Å². The minimum absolute atomic E-state index is 0.0691. The lowest BCUT2D eigenvalue weighted by molar-refractivity contribution is 0.0993. The van der Waals surface area contributed by atoms with Crippen LogP contribution in [0.1, 0.15) is 15.9 Å². The summed E-state index contributed by atoms with van der Waals surface area (Å²) in [4.78, 5) is 12.0. The number of ketones is 1. The van der Waals surface area contributed by atoms with Crippen molar-refractivity contribution in [3.8, 4) is 0 Å². The molecule has 0 aliphatic heterocycles. The number of halogens is 3. The van der Waals surface area contributed by atoms with Gasteiger partial charge in [-0.15, -0.1) is 0 Å². The van der Waals surface area contributed by atoms with Gasteiger partial charge in [0.15, 0.2) is 17.4 Å². The normalized spacial score (nSPS) is 10.5. The van der Waals surface area contributed by atoms with Crippen molar-refractivity contribution in [3.63, 3.8) is 0 Å². The predicted octanol–water partition coefficient (Wildman–Crippen LogP) is 3.63. The second-order valence-electron chi connectivity index (χ2n) is 4.09. The molecule has 98 valence electrons. The van der Waals surface area contributed by atoms with Crippen molar-refractivity contribution in [2.45, 2.75) is 6.42 Å². The Hall–Kier alpha value is -1.94. The number of Topliss-reactive ketones (excluding diaryl/α,β-unsaturated/α-hetero) is 1. The van der Waals surface area contributed by atoms with Crippen LogP contribution in [-0.2, 0) is 6.42 Å². The van der Waals surface area contributed by atoms with Crippen LogP contribution in [0.2, 0.25) is 5.02 Å². The smallest absolute Gasteiger partial charge is 0.168 e. The van der Waals surface area contributed by atoms with Crippen LogP contribution < -0.4 is 5.73 Å². The highest BCUT2D eigenvalue weighted by Gasteiger charge is 2.13. The van der Waals surface area contributed by atoms with Gasteiger partial charge in [-0.3, -0.25) is 4.79 Å². The standard InChI is InChI=1S/C14H10ClF2NO/c15-11-3-2-9(18)7-10(11)14(19)6-8-1-4-12(16)13(17)5-8/h1-5,7H,6,18H2. The van der Waals surface area contributed by atoms with E-state index in [1.165, 1.54) is 18.2 Å². The number of benzene rings is 2. The second kappa shape index (κ2) is 5.36. The first-order valence-electron chi connectivity index (χ1n) is 5.49. The lowest BCUT2D eigenvalue weighted by Gasteiger charge is -2.05. The van der Waals surface area contributed by atoms with E-state index in [1.54, 1.807) is 6.07 Å². The molecule has 0 saturated carbocycles. The van der Waals surface area contributed by atoms with Crippen LogP contribution in [0.5, 0.6) is 0 Å². The van der Waals surface area contributed by atoms with Crippen LogP contribution in [0.3, 0.4) is 0 Å². The Labute approximate surface area is 113 Å². The highest BCUT2D eigenvalue weighted by Crippen LogP contribution is 2.21. The van der Waals surface area contributed by atoms with Crippen molar-refractivity contribution in [2.75, 3.05) is 5.73 Å². The fourth-order valence-electron chi connectivity index (χ4n) is 1.69. The average molecular weight is 282 g/mol. The van der Waals surface area contributed by atoms with E-state index in [9.17, 15) is 13.6 Å². The number of nitrogen functional groups attached to an aromatic ring is 1. The van der Waals surface area contributed by atoms with Gasteiger partial charge in [-0.25, -0.2) is 8.78 Å². The van der Waals surface area contributed by atoms with E-state index in [2.05, 4.69) is 0 Å². The summed E-state index contributed by atoms with van der Waals surface area (Å²) in [5, 5.41) is 0.279. The maximum absolute atomic E-state index is 13.0. The maximum atomic E-state index is 13.0. The molecule has 0 atom stereocenters. The summed E-state index contributed by atoms with van der Waals surface area (Å²) in [6.07, 6.45) is -0.0691. The summed E-state index contributed by atoms with van der Waals surface area (Å²) in [7, 11) is 0. The lowest BCUT2D eigenvalue weighted by atomic mass is 10.0. The highest BCUT2D eigenvalue weighted by atomic mass is 35.5. The molecule has 0 bridgehead atoms. The Bertz CT molecular complexity index is 643. The topological polar surface area (TPSA) is 43.1 Å². The summed E-state index contributed by atoms with van der Waals surface area (Å²) in [5.74, 6) is -2.23. The quantitative estimate of drug-likeness (QED) is 0.690. The molecule has 0 unspecified atom stereocenters. The first kappa shape index (κ1) is 13.5. The Balaban J connectivity index is 2.25. The molecule has 0 heterocycles. The number of carbonyl (C=O) groups is 1. The first-order chi connectivity index (χ1) is 8.97. The molecule has 0 radical (unpaired) electrons. The number of anilines is 1. The van der Waals surface area contributed by atoms with Gasteiger partial charge >= 0.3 is 0 Å². The van der Waals surface area contributed by atoms with Gasteiger partial charge in [-0.1, -0.05) is 17.7 Å². The fraction of sp³-hybridized carbons (Fsp3) is 0.0714. The van der Waals surface area contributed by atoms with Crippen LogP contribution in [0, 0.1) is 11.6 Å². The van der Waals surface area contributed by atoms with E-state index in [-0.39, 0.29) is 22.8 Å². The van der Waals surface area contributed by atoms with Crippen molar-refractivity contribution in [1.29, 1.82) is 0 Å². The van der Waals surface area contributed by atoms with Crippen molar-refractivity contribution >= 4 is 23.1 Å². The summed E-state index contributed by atoms with van der Waals surface area (Å²) in [5.41, 5.74) is 6.64.